The molecule has 0 aliphatic rings. The Labute approximate surface area is 113 Å². The molecule has 1 aromatic heterocycles. The molecule has 0 saturated heterocycles. The second kappa shape index (κ2) is 7.88. The lowest BCUT2D eigenvalue weighted by atomic mass is 10.5. The molecule has 0 aliphatic carbocycles. The van der Waals surface area contributed by atoms with Crippen molar-refractivity contribution in [1.29, 1.82) is 0 Å². The van der Waals surface area contributed by atoms with Gasteiger partial charge in [0.15, 0.2) is 4.34 Å². The third kappa shape index (κ3) is 5.32. The first-order valence-electron chi connectivity index (χ1n) is 5.37. The van der Waals surface area contributed by atoms with Crippen LogP contribution >= 0.6 is 23.1 Å². The standard InChI is InChI=1S/C9H15N5O2S2/c1-3-4-11-8-13-14-9(18-8)17-5-6(15)12-7(16)10-2/h3-5H2,1-2H3,(H,11,13)(H2,10,12,15,16). The number of thioether (sulfide) groups is 1. The van der Waals surface area contributed by atoms with Gasteiger partial charge in [0.2, 0.25) is 11.0 Å². The first-order valence-corrected chi connectivity index (χ1v) is 7.17. The van der Waals surface area contributed by atoms with E-state index in [1.807, 2.05) is 0 Å². The van der Waals surface area contributed by atoms with E-state index in [4.69, 9.17) is 0 Å². The number of anilines is 1. The lowest BCUT2D eigenvalue weighted by molar-refractivity contribution is -0.117. The Bertz CT molecular complexity index is 409. The number of amides is 3. The molecule has 100 valence electrons. The van der Waals surface area contributed by atoms with E-state index in [1.165, 1.54) is 30.1 Å². The normalized spacial score (nSPS) is 9.89. The largest absolute Gasteiger partial charge is 0.360 e. The van der Waals surface area contributed by atoms with Crippen molar-refractivity contribution in [2.24, 2.45) is 0 Å². The zero-order valence-corrected chi connectivity index (χ0v) is 11.8. The van der Waals surface area contributed by atoms with Gasteiger partial charge in [0.1, 0.15) is 0 Å². The maximum Gasteiger partial charge on any atom is 0.321 e. The molecule has 0 radical (unpaired) electrons. The predicted octanol–water partition coefficient (Wildman–Crippen LogP) is 0.908. The van der Waals surface area contributed by atoms with Crippen molar-refractivity contribution < 1.29 is 9.59 Å². The molecule has 9 heteroatoms. The van der Waals surface area contributed by atoms with E-state index in [9.17, 15) is 9.59 Å². The smallest absolute Gasteiger partial charge is 0.321 e. The van der Waals surface area contributed by atoms with Crippen LogP contribution in [0.25, 0.3) is 0 Å². The van der Waals surface area contributed by atoms with Crippen LogP contribution in [0.4, 0.5) is 9.93 Å². The molecule has 0 fully saturated rings. The molecule has 0 unspecified atom stereocenters. The average molecular weight is 289 g/mol. The van der Waals surface area contributed by atoms with Gasteiger partial charge in [-0.3, -0.25) is 10.1 Å². The average Bonchev–Trinajstić information content (AvgIpc) is 2.81. The Morgan fingerprint density at radius 1 is 1.39 bits per heavy atom. The summed E-state index contributed by atoms with van der Waals surface area (Å²) >= 11 is 2.64. The van der Waals surface area contributed by atoms with Crippen LogP contribution in [0.15, 0.2) is 4.34 Å². The molecule has 0 spiro atoms. The minimum Gasteiger partial charge on any atom is -0.360 e. The first kappa shape index (κ1) is 14.7. The lowest BCUT2D eigenvalue weighted by Crippen LogP contribution is -2.38. The molecule has 0 aromatic carbocycles. The third-order valence-corrected chi connectivity index (χ3v) is 3.75. The number of carbonyl (C=O) groups is 2. The van der Waals surface area contributed by atoms with E-state index in [-0.39, 0.29) is 11.7 Å². The van der Waals surface area contributed by atoms with Crippen molar-refractivity contribution in [3.05, 3.63) is 0 Å². The van der Waals surface area contributed by atoms with E-state index >= 15 is 0 Å². The summed E-state index contributed by atoms with van der Waals surface area (Å²) in [5, 5.41) is 16.2. The summed E-state index contributed by atoms with van der Waals surface area (Å²) in [6, 6.07) is -0.511. The van der Waals surface area contributed by atoms with Crippen molar-refractivity contribution in [2.45, 2.75) is 17.7 Å². The van der Waals surface area contributed by atoms with Gasteiger partial charge in [-0.2, -0.15) is 0 Å². The highest BCUT2D eigenvalue weighted by Crippen LogP contribution is 2.24. The second-order valence-electron chi connectivity index (χ2n) is 3.22. The number of aromatic nitrogens is 2. The number of nitrogens with zero attached hydrogens (tertiary/aromatic N) is 2. The summed E-state index contributed by atoms with van der Waals surface area (Å²) in [5.41, 5.74) is 0. The Morgan fingerprint density at radius 3 is 2.83 bits per heavy atom. The van der Waals surface area contributed by atoms with Crippen LogP contribution in [0.2, 0.25) is 0 Å². The van der Waals surface area contributed by atoms with Gasteiger partial charge in [-0.1, -0.05) is 30.0 Å². The number of hydrogen-bond acceptors (Lipinski definition) is 7. The minimum atomic E-state index is -0.511. The molecule has 7 nitrogen and oxygen atoms in total. The fourth-order valence-corrected chi connectivity index (χ4v) is 2.50. The van der Waals surface area contributed by atoms with E-state index in [1.54, 1.807) is 0 Å². The van der Waals surface area contributed by atoms with Crippen molar-refractivity contribution in [2.75, 3.05) is 24.7 Å². The SMILES string of the molecule is CCCNc1nnc(SCC(=O)NC(=O)NC)s1. The Kier molecular flexibility index (Phi) is 6.44. The van der Waals surface area contributed by atoms with Gasteiger partial charge in [-0.15, -0.1) is 10.2 Å². The maximum atomic E-state index is 11.3. The first-order chi connectivity index (χ1) is 8.65. The van der Waals surface area contributed by atoms with E-state index in [2.05, 4.69) is 33.1 Å². The minimum absolute atomic E-state index is 0.135. The zero-order chi connectivity index (χ0) is 13.4. The van der Waals surface area contributed by atoms with Gasteiger partial charge in [0, 0.05) is 13.6 Å². The van der Waals surface area contributed by atoms with E-state index < -0.39 is 6.03 Å². The van der Waals surface area contributed by atoms with Crippen molar-refractivity contribution in [1.82, 2.24) is 20.8 Å². The predicted molar refractivity (Wildman–Crippen MR) is 72.0 cm³/mol. The van der Waals surface area contributed by atoms with Crippen LogP contribution in [0.3, 0.4) is 0 Å². The summed E-state index contributed by atoms with van der Waals surface area (Å²) in [4.78, 5) is 22.2. The highest BCUT2D eigenvalue weighted by molar-refractivity contribution is 8.01. The van der Waals surface area contributed by atoms with Crippen LogP contribution in [0, 0.1) is 0 Å². The molecular weight excluding hydrogens is 274 g/mol. The lowest BCUT2D eigenvalue weighted by Gasteiger charge is -2.00. The van der Waals surface area contributed by atoms with Crippen LogP contribution in [-0.4, -0.2) is 41.5 Å². The molecule has 18 heavy (non-hydrogen) atoms. The summed E-state index contributed by atoms with van der Waals surface area (Å²) in [6.45, 7) is 2.91. The molecule has 3 N–H and O–H groups in total. The maximum absolute atomic E-state index is 11.3. The number of carbonyl (C=O) groups excluding carboxylic acids is 2. The van der Waals surface area contributed by atoms with Crippen molar-refractivity contribution in [3.63, 3.8) is 0 Å². The fraction of sp³-hybridized carbons (Fsp3) is 0.556. The fourth-order valence-electron chi connectivity index (χ4n) is 0.924. The molecule has 1 aromatic rings. The monoisotopic (exact) mass is 289 g/mol. The Hall–Kier alpha value is -1.35. The van der Waals surface area contributed by atoms with E-state index in [0.717, 1.165) is 18.1 Å². The molecule has 0 atom stereocenters. The summed E-state index contributed by atoms with van der Waals surface area (Å²) < 4.78 is 0.695. The van der Waals surface area contributed by atoms with Gasteiger partial charge in [0.25, 0.3) is 0 Å². The number of hydrogen-bond donors (Lipinski definition) is 3. The molecule has 1 heterocycles. The Balaban J connectivity index is 2.32. The molecule has 0 saturated carbocycles. The molecule has 0 aliphatic heterocycles. The zero-order valence-electron chi connectivity index (χ0n) is 10.1. The number of nitrogens with one attached hydrogen (secondary N) is 3. The third-order valence-electron chi connectivity index (χ3n) is 1.74. The van der Waals surface area contributed by atoms with Gasteiger partial charge >= 0.3 is 6.03 Å². The topological polar surface area (TPSA) is 96.0 Å². The Morgan fingerprint density at radius 2 is 2.17 bits per heavy atom. The summed E-state index contributed by atoms with van der Waals surface area (Å²) in [7, 11) is 1.45. The molecule has 1 rings (SSSR count). The van der Waals surface area contributed by atoms with Crippen LogP contribution in [-0.2, 0) is 4.79 Å². The molecule has 0 bridgehead atoms. The quantitative estimate of drug-likeness (QED) is 0.674. The van der Waals surface area contributed by atoms with Crippen molar-refractivity contribution in [3.8, 4) is 0 Å². The highest BCUT2D eigenvalue weighted by atomic mass is 32.2. The molecule has 3 amide bonds. The van der Waals surface area contributed by atoms with E-state index in [0.29, 0.717) is 4.34 Å². The van der Waals surface area contributed by atoms with Crippen LogP contribution in [0.1, 0.15) is 13.3 Å². The summed E-state index contributed by atoms with van der Waals surface area (Å²) in [6.07, 6.45) is 1.01. The van der Waals surface area contributed by atoms with Crippen LogP contribution < -0.4 is 16.0 Å². The van der Waals surface area contributed by atoms with Gasteiger partial charge in [-0.25, -0.2) is 4.79 Å². The van der Waals surface area contributed by atoms with Gasteiger partial charge < -0.3 is 10.6 Å². The number of rotatable bonds is 6. The molecular formula is C9H15N5O2S2. The van der Waals surface area contributed by atoms with Gasteiger partial charge in [-0.05, 0) is 6.42 Å². The second-order valence-corrected chi connectivity index (χ2v) is 5.42. The number of imide groups is 1. The number of urea groups is 1. The van der Waals surface area contributed by atoms with Crippen LogP contribution in [0.5, 0.6) is 0 Å². The summed E-state index contributed by atoms with van der Waals surface area (Å²) in [5.74, 6) is -0.229. The van der Waals surface area contributed by atoms with Crippen molar-refractivity contribution >= 4 is 40.2 Å². The van der Waals surface area contributed by atoms with Gasteiger partial charge in [0.05, 0.1) is 5.75 Å². The highest BCUT2D eigenvalue weighted by Gasteiger charge is 2.09.